The van der Waals surface area contributed by atoms with Crippen molar-refractivity contribution in [3.05, 3.63) is 121 Å². The zero-order valence-corrected chi connectivity index (χ0v) is 20.8. The summed E-state index contributed by atoms with van der Waals surface area (Å²) in [6, 6.07) is 42.5. The van der Waals surface area contributed by atoms with E-state index in [1.807, 2.05) is 18.2 Å². The number of hydrogen-bond acceptors (Lipinski definition) is 3. The van der Waals surface area contributed by atoms with Crippen LogP contribution < -0.4 is 0 Å². The summed E-state index contributed by atoms with van der Waals surface area (Å²) >= 11 is 0. The molecular weight excluding hydrogens is 480 g/mol. The van der Waals surface area contributed by atoms with Crippen LogP contribution in [0.25, 0.3) is 82.8 Å². The second-order valence-electron chi connectivity index (χ2n) is 10.0. The summed E-state index contributed by atoms with van der Waals surface area (Å²) in [6.45, 7) is 0. The van der Waals surface area contributed by atoms with Gasteiger partial charge in [0.2, 0.25) is 0 Å². The van der Waals surface area contributed by atoms with Gasteiger partial charge in [-0.1, -0.05) is 91.0 Å². The molecule has 0 atom stereocenters. The van der Waals surface area contributed by atoms with Crippen LogP contribution in [0.4, 0.5) is 0 Å². The number of benzene rings is 6. The maximum absolute atomic E-state index is 6.61. The quantitative estimate of drug-likeness (QED) is 0.237. The van der Waals surface area contributed by atoms with Crippen molar-refractivity contribution in [2.75, 3.05) is 0 Å². The molecule has 0 aliphatic heterocycles. The molecule has 182 valence electrons. The predicted molar refractivity (Wildman–Crippen MR) is 159 cm³/mol. The van der Waals surface area contributed by atoms with Crippen molar-refractivity contribution in [1.82, 2.24) is 9.55 Å². The molecule has 0 bridgehead atoms. The number of furan rings is 1. The molecule has 6 aromatic carbocycles. The van der Waals surface area contributed by atoms with Crippen molar-refractivity contribution < 1.29 is 8.83 Å². The molecule has 3 heterocycles. The Morgan fingerprint density at radius 1 is 0.538 bits per heavy atom. The molecule has 0 aliphatic carbocycles. The number of para-hydroxylation sites is 3. The Labute approximate surface area is 222 Å². The summed E-state index contributed by atoms with van der Waals surface area (Å²) in [5.41, 5.74) is 7.38. The Hall–Kier alpha value is -5.35. The number of oxazole rings is 1. The van der Waals surface area contributed by atoms with E-state index >= 15 is 0 Å². The smallest absolute Gasteiger partial charge is 0.307 e. The van der Waals surface area contributed by atoms with Gasteiger partial charge in [-0.2, -0.15) is 4.98 Å². The van der Waals surface area contributed by atoms with Gasteiger partial charge in [-0.15, -0.1) is 0 Å². The molecular formula is C35H20N2O2. The molecule has 0 saturated heterocycles. The number of aromatic nitrogens is 2. The molecule has 0 spiro atoms. The van der Waals surface area contributed by atoms with Gasteiger partial charge in [-0.25, -0.2) is 0 Å². The monoisotopic (exact) mass is 500 g/mol. The maximum Gasteiger partial charge on any atom is 0.307 e. The van der Waals surface area contributed by atoms with E-state index in [1.54, 1.807) is 0 Å². The van der Waals surface area contributed by atoms with E-state index in [2.05, 4.69) is 108 Å². The van der Waals surface area contributed by atoms with E-state index in [0.29, 0.717) is 6.01 Å². The van der Waals surface area contributed by atoms with E-state index in [-0.39, 0.29) is 0 Å². The largest absolute Gasteiger partial charge is 0.455 e. The topological polar surface area (TPSA) is 44.1 Å². The first kappa shape index (κ1) is 20.7. The molecule has 0 N–H and O–H groups in total. The van der Waals surface area contributed by atoms with Crippen molar-refractivity contribution in [2.24, 2.45) is 0 Å². The zero-order valence-electron chi connectivity index (χ0n) is 20.8. The van der Waals surface area contributed by atoms with Gasteiger partial charge < -0.3 is 8.83 Å². The fourth-order valence-corrected chi connectivity index (χ4v) is 6.06. The molecule has 9 aromatic rings. The maximum atomic E-state index is 6.61. The van der Waals surface area contributed by atoms with Gasteiger partial charge in [0.1, 0.15) is 16.7 Å². The van der Waals surface area contributed by atoms with Crippen molar-refractivity contribution >= 4 is 65.6 Å². The van der Waals surface area contributed by atoms with Gasteiger partial charge in [-0.05, 0) is 46.7 Å². The highest BCUT2D eigenvalue weighted by Gasteiger charge is 2.22. The SMILES string of the molecule is c1ccc2cc(-c3cc4oc(-n5c6ccccc6c6ccccc65)nc4c4c3oc3ccccc34)ccc2c1. The summed E-state index contributed by atoms with van der Waals surface area (Å²) < 4.78 is 15.2. The van der Waals surface area contributed by atoms with E-state index in [0.717, 1.165) is 55.2 Å². The van der Waals surface area contributed by atoms with Gasteiger partial charge in [0.25, 0.3) is 0 Å². The molecule has 4 heteroatoms. The van der Waals surface area contributed by atoms with Gasteiger partial charge in [-0.3, -0.25) is 4.57 Å². The lowest BCUT2D eigenvalue weighted by molar-refractivity contribution is 0.574. The van der Waals surface area contributed by atoms with E-state index in [1.165, 1.54) is 21.5 Å². The van der Waals surface area contributed by atoms with Crippen LogP contribution in [0.15, 0.2) is 130 Å². The minimum atomic E-state index is 0.546. The van der Waals surface area contributed by atoms with Crippen molar-refractivity contribution in [1.29, 1.82) is 0 Å². The van der Waals surface area contributed by atoms with Crippen LogP contribution in [0.1, 0.15) is 0 Å². The molecule has 0 fully saturated rings. The second kappa shape index (κ2) is 7.59. The number of rotatable bonds is 2. The van der Waals surface area contributed by atoms with Gasteiger partial charge in [0.05, 0.1) is 16.4 Å². The Kier molecular flexibility index (Phi) is 4.02. The normalized spacial score (nSPS) is 12.1. The minimum absolute atomic E-state index is 0.546. The fourth-order valence-electron chi connectivity index (χ4n) is 6.06. The highest BCUT2D eigenvalue weighted by atomic mass is 16.4. The van der Waals surface area contributed by atoms with Crippen molar-refractivity contribution in [3.8, 4) is 17.1 Å². The summed E-state index contributed by atoms with van der Waals surface area (Å²) in [4.78, 5) is 5.13. The Balaban J connectivity index is 1.40. The minimum Gasteiger partial charge on any atom is -0.455 e. The summed E-state index contributed by atoms with van der Waals surface area (Å²) in [6.07, 6.45) is 0. The third kappa shape index (κ3) is 2.85. The number of fused-ring (bicyclic) bond motifs is 9. The molecule has 0 unspecified atom stereocenters. The summed E-state index contributed by atoms with van der Waals surface area (Å²) in [5, 5.41) is 6.74. The van der Waals surface area contributed by atoms with Crippen LogP contribution in [0, 0.1) is 0 Å². The Morgan fingerprint density at radius 2 is 1.21 bits per heavy atom. The molecule has 39 heavy (non-hydrogen) atoms. The molecule has 0 amide bonds. The lowest BCUT2D eigenvalue weighted by Crippen LogP contribution is -1.93. The Bertz CT molecular complexity index is 2350. The molecule has 9 rings (SSSR count). The number of hydrogen-bond donors (Lipinski definition) is 0. The van der Waals surface area contributed by atoms with Gasteiger partial charge >= 0.3 is 6.01 Å². The van der Waals surface area contributed by atoms with Crippen LogP contribution in [0.5, 0.6) is 0 Å². The third-order valence-electron chi connectivity index (χ3n) is 7.83. The van der Waals surface area contributed by atoms with Crippen LogP contribution in [0.3, 0.4) is 0 Å². The standard InChI is InChI=1S/C35H20N2O2/c1-2-10-22-19-23(18-17-21(22)9-1)27-20-31-33(32-26-13-5-8-16-30(26)38-34(27)32)36-35(39-31)37-28-14-6-3-11-24(28)25-12-4-7-15-29(25)37/h1-20H. The van der Waals surface area contributed by atoms with Crippen LogP contribution in [-0.4, -0.2) is 9.55 Å². The van der Waals surface area contributed by atoms with E-state index < -0.39 is 0 Å². The van der Waals surface area contributed by atoms with Crippen LogP contribution in [-0.2, 0) is 0 Å². The highest BCUT2D eigenvalue weighted by molar-refractivity contribution is 6.21. The van der Waals surface area contributed by atoms with Gasteiger partial charge in [0, 0.05) is 21.7 Å². The second-order valence-corrected chi connectivity index (χ2v) is 10.0. The number of nitrogens with zero attached hydrogens (tertiary/aromatic N) is 2. The zero-order chi connectivity index (χ0) is 25.5. The average molecular weight is 501 g/mol. The van der Waals surface area contributed by atoms with E-state index in [9.17, 15) is 0 Å². The third-order valence-corrected chi connectivity index (χ3v) is 7.83. The van der Waals surface area contributed by atoms with E-state index in [4.69, 9.17) is 13.8 Å². The first-order valence-electron chi connectivity index (χ1n) is 13.1. The molecule has 0 aliphatic rings. The molecule has 0 saturated carbocycles. The van der Waals surface area contributed by atoms with Crippen LogP contribution in [0.2, 0.25) is 0 Å². The molecule has 0 radical (unpaired) electrons. The average Bonchev–Trinajstić information content (AvgIpc) is 3.67. The highest BCUT2D eigenvalue weighted by Crippen LogP contribution is 2.42. The van der Waals surface area contributed by atoms with Gasteiger partial charge in [0.15, 0.2) is 5.58 Å². The lowest BCUT2D eigenvalue weighted by atomic mass is 9.98. The fraction of sp³-hybridized carbons (Fsp3) is 0. The summed E-state index contributed by atoms with van der Waals surface area (Å²) in [7, 11) is 0. The first-order valence-corrected chi connectivity index (χ1v) is 13.1. The predicted octanol–water partition coefficient (Wildman–Crippen LogP) is 9.64. The van der Waals surface area contributed by atoms with Crippen LogP contribution >= 0.6 is 0 Å². The molecule has 4 nitrogen and oxygen atoms in total. The lowest BCUT2D eigenvalue weighted by Gasteiger charge is -2.05. The Morgan fingerprint density at radius 3 is 2.00 bits per heavy atom. The van der Waals surface area contributed by atoms with Crippen molar-refractivity contribution in [2.45, 2.75) is 0 Å². The molecule has 3 aromatic heterocycles. The summed E-state index contributed by atoms with van der Waals surface area (Å²) in [5.74, 6) is 0. The van der Waals surface area contributed by atoms with Crippen molar-refractivity contribution in [3.63, 3.8) is 0 Å². The first-order chi connectivity index (χ1) is 19.3.